The van der Waals surface area contributed by atoms with E-state index in [0.717, 1.165) is 0 Å². The Balaban J connectivity index is 0. The lowest BCUT2D eigenvalue weighted by atomic mass is 10.0. The summed E-state index contributed by atoms with van der Waals surface area (Å²) in [5.74, 6) is 0. The van der Waals surface area contributed by atoms with Gasteiger partial charge in [0.05, 0.1) is 0 Å². The fraction of sp³-hybridized carbons (Fsp3) is 0.500. The molecule has 0 fully saturated rings. The first-order valence-electron chi connectivity index (χ1n) is 4.93. The van der Waals surface area contributed by atoms with Crippen molar-refractivity contribution in [2.75, 3.05) is 0 Å². The summed E-state index contributed by atoms with van der Waals surface area (Å²) >= 11 is 0. The minimum Gasteiger partial charge on any atom is -0.382 e. The highest BCUT2D eigenvalue weighted by Crippen LogP contribution is 2.16. The first kappa shape index (κ1) is 12.0. The van der Waals surface area contributed by atoms with Crippen molar-refractivity contribution < 1.29 is 1.43 Å². The van der Waals surface area contributed by atoms with E-state index in [0.29, 0.717) is 6.04 Å². The predicted molar refractivity (Wildman–Crippen MR) is 62.7 cm³/mol. The molecule has 0 saturated carbocycles. The Morgan fingerprint density at radius 2 is 2.00 bits per heavy atom. The van der Waals surface area contributed by atoms with Crippen molar-refractivity contribution in [2.45, 2.75) is 40.7 Å². The lowest BCUT2D eigenvalue weighted by molar-refractivity contribution is 0.676. The van der Waals surface area contributed by atoms with Gasteiger partial charge in [0.15, 0.2) is 0 Å². The molecule has 0 aromatic heterocycles. The molecule has 1 rings (SSSR count). The van der Waals surface area contributed by atoms with E-state index in [9.17, 15) is 0 Å². The Hall–Kier alpha value is -0.980. The highest BCUT2D eigenvalue weighted by Gasteiger charge is 2.10. The summed E-state index contributed by atoms with van der Waals surface area (Å²) in [5, 5.41) is 3.37. The molecule has 1 N–H and O–H groups in total. The van der Waals surface area contributed by atoms with E-state index in [1.54, 1.807) is 0 Å². The first-order valence-corrected chi connectivity index (χ1v) is 4.93. The van der Waals surface area contributed by atoms with Gasteiger partial charge in [-0.3, -0.25) is 0 Å². The topological polar surface area (TPSA) is 12.0 Å². The van der Waals surface area contributed by atoms with E-state index in [1.807, 2.05) is 19.9 Å². The van der Waals surface area contributed by atoms with Crippen molar-refractivity contribution >= 4 is 0 Å². The van der Waals surface area contributed by atoms with Gasteiger partial charge in [0.1, 0.15) is 0 Å². The number of nitrogens with one attached hydrogen (secondary N) is 1. The van der Waals surface area contributed by atoms with Crippen molar-refractivity contribution in [1.82, 2.24) is 5.32 Å². The van der Waals surface area contributed by atoms with Gasteiger partial charge in [-0.15, -0.1) is 0 Å². The van der Waals surface area contributed by atoms with Crippen LogP contribution >= 0.6 is 0 Å². The van der Waals surface area contributed by atoms with Crippen molar-refractivity contribution in [3.8, 4) is 0 Å². The van der Waals surface area contributed by atoms with E-state index in [2.05, 4.69) is 38.7 Å². The number of rotatable bonds is 1. The summed E-state index contributed by atoms with van der Waals surface area (Å²) in [6, 6.07) is 0.471. The fourth-order valence-corrected chi connectivity index (χ4v) is 1.21. The van der Waals surface area contributed by atoms with Crippen LogP contribution in [0.1, 0.15) is 36.0 Å². The van der Waals surface area contributed by atoms with Crippen molar-refractivity contribution in [1.29, 1.82) is 0 Å². The summed E-state index contributed by atoms with van der Waals surface area (Å²) in [7, 11) is 0. The number of allylic oxidation sites excluding steroid dienone is 4. The molecule has 1 unspecified atom stereocenters. The van der Waals surface area contributed by atoms with Gasteiger partial charge in [-0.05, 0) is 26.3 Å². The van der Waals surface area contributed by atoms with Gasteiger partial charge in [-0.2, -0.15) is 0 Å². The van der Waals surface area contributed by atoms with E-state index >= 15 is 0 Å². The van der Waals surface area contributed by atoms with Gasteiger partial charge in [-0.1, -0.05) is 38.2 Å². The van der Waals surface area contributed by atoms with E-state index in [1.165, 1.54) is 16.8 Å². The van der Waals surface area contributed by atoms with Gasteiger partial charge in [0.25, 0.3) is 0 Å². The van der Waals surface area contributed by atoms with E-state index in [-0.39, 0.29) is 1.43 Å². The Kier molecular flexibility index (Phi) is 5.20. The second-order valence-electron chi connectivity index (χ2n) is 3.04. The number of dihydropyridines is 1. The van der Waals surface area contributed by atoms with Crippen LogP contribution in [0.3, 0.4) is 0 Å². The summed E-state index contributed by atoms with van der Waals surface area (Å²) in [6.07, 6.45) is 4.07. The zero-order valence-corrected chi connectivity index (χ0v) is 9.44. The molecular formula is C12H23N. The second kappa shape index (κ2) is 5.63. The largest absolute Gasteiger partial charge is 0.382 e. The van der Waals surface area contributed by atoms with Gasteiger partial charge < -0.3 is 5.32 Å². The van der Waals surface area contributed by atoms with Crippen LogP contribution in [0.2, 0.25) is 0 Å². The molecule has 1 aliphatic heterocycles. The Morgan fingerprint density at radius 3 is 2.46 bits per heavy atom. The third-order valence-electron chi connectivity index (χ3n) is 2.15. The zero-order chi connectivity index (χ0) is 10.4. The lowest BCUT2D eigenvalue weighted by Crippen LogP contribution is -2.28. The third kappa shape index (κ3) is 3.10. The monoisotopic (exact) mass is 181 g/mol. The highest BCUT2D eigenvalue weighted by molar-refractivity contribution is 5.40. The summed E-state index contributed by atoms with van der Waals surface area (Å²) in [5.41, 5.74) is 3.80. The maximum atomic E-state index is 3.75. The van der Waals surface area contributed by atoms with Gasteiger partial charge in [-0.25, -0.2) is 0 Å². The minimum absolute atomic E-state index is 0. The average molecular weight is 181 g/mol. The van der Waals surface area contributed by atoms with Gasteiger partial charge in [0, 0.05) is 13.2 Å². The fourth-order valence-electron chi connectivity index (χ4n) is 1.21. The highest BCUT2D eigenvalue weighted by atomic mass is 14.9. The molecule has 13 heavy (non-hydrogen) atoms. The van der Waals surface area contributed by atoms with Crippen LogP contribution < -0.4 is 5.32 Å². The molecule has 0 aromatic carbocycles. The maximum absolute atomic E-state index is 3.75. The Morgan fingerprint density at radius 1 is 1.46 bits per heavy atom. The molecule has 0 aromatic rings. The van der Waals surface area contributed by atoms with Crippen LogP contribution in [-0.2, 0) is 0 Å². The second-order valence-corrected chi connectivity index (χ2v) is 3.04. The predicted octanol–water partition coefficient (Wildman–Crippen LogP) is 3.66. The molecular weight excluding hydrogens is 158 g/mol. The zero-order valence-electron chi connectivity index (χ0n) is 9.44. The normalized spacial score (nSPS) is 21.0. The number of hydrogen-bond acceptors (Lipinski definition) is 1. The smallest absolute Gasteiger partial charge is 0.0443 e. The van der Waals surface area contributed by atoms with Crippen LogP contribution in [0, 0.1) is 0 Å². The van der Waals surface area contributed by atoms with Crippen LogP contribution in [0.15, 0.2) is 35.6 Å². The SMILES string of the molecule is C=CC1=C(C)NC(C)C(C)=C1.CC.[HH]. The molecule has 1 heterocycles. The van der Waals surface area contributed by atoms with E-state index < -0.39 is 0 Å². The summed E-state index contributed by atoms with van der Waals surface area (Å²) < 4.78 is 0. The first-order chi connectivity index (χ1) is 6.15. The van der Waals surface area contributed by atoms with Crippen LogP contribution in [0.5, 0.6) is 0 Å². The standard InChI is InChI=1S/C10H15N.C2H6.H2/c1-5-10-6-7(2)8(3)11-9(10)4;1-2;/h5-6,8,11H,1H2,2-4H3;1-2H3;1H. The molecule has 0 spiro atoms. The van der Waals surface area contributed by atoms with Crippen LogP contribution in [0.25, 0.3) is 0 Å². The summed E-state index contributed by atoms with van der Waals surface area (Å²) in [4.78, 5) is 0. The number of hydrogen-bond donors (Lipinski definition) is 1. The van der Waals surface area contributed by atoms with Crippen molar-refractivity contribution in [2.24, 2.45) is 0 Å². The lowest BCUT2D eigenvalue weighted by Gasteiger charge is -2.22. The summed E-state index contributed by atoms with van der Waals surface area (Å²) in [6.45, 7) is 14.1. The molecule has 1 nitrogen and oxygen atoms in total. The molecule has 1 atom stereocenters. The maximum Gasteiger partial charge on any atom is 0.0443 e. The van der Waals surface area contributed by atoms with Crippen LogP contribution in [-0.4, -0.2) is 6.04 Å². The molecule has 76 valence electrons. The molecule has 1 aliphatic rings. The van der Waals surface area contributed by atoms with Crippen molar-refractivity contribution in [3.63, 3.8) is 0 Å². The van der Waals surface area contributed by atoms with Crippen molar-refractivity contribution in [3.05, 3.63) is 35.6 Å². The Bertz CT molecular complexity index is 239. The van der Waals surface area contributed by atoms with Gasteiger partial charge >= 0.3 is 0 Å². The average Bonchev–Trinajstić information content (AvgIpc) is 2.15. The molecule has 0 saturated heterocycles. The van der Waals surface area contributed by atoms with Crippen LogP contribution in [0.4, 0.5) is 0 Å². The minimum atomic E-state index is 0. The third-order valence-corrected chi connectivity index (χ3v) is 2.15. The molecule has 0 bridgehead atoms. The molecule has 1 heteroatoms. The quantitative estimate of drug-likeness (QED) is 0.651. The molecule has 0 radical (unpaired) electrons. The van der Waals surface area contributed by atoms with E-state index in [4.69, 9.17) is 0 Å². The molecule has 0 aliphatic carbocycles. The molecule has 0 amide bonds. The Labute approximate surface area is 83.7 Å². The van der Waals surface area contributed by atoms with Gasteiger partial charge in [0.2, 0.25) is 0 Å².